The highest BCUT2D eigenvalue weighted by molar-refractivity contribution is 6.13. The molecule has 7 heteroatoms. The summed E-state index contributed by atoms with van der Waals surface area (Å²) in [6.45, 7) is 3.85. The predicted octanol–water partition coefficient (Wildman–Crippen LogP) is 5.10. The lowest BCUT2D eigenvalue weighted by Crippen LogP contribution is -2.45. The molecule has 0 fully saturated rings. The number of aromatic amines is 1. The summed E-state index contributed by atoms with van der Waals surface area (Å²) in [7, 11) is 0. The van der Waals surface area contributed by atoms with E-state index >= 15 is 0 Å². The summed E-state index contributed by atoms with van der Waals surface area (Å²) in [6.07, 6.45) is -0.735. The van der Waals surface area contributed by atoms with Gasteiger partial charge in [-0.05, 0) is 50.2 Å². The van der Waals surface area contributed by atoms with Gasteiger partial charge in [-0.15, -0.1) is 0 Å². The fourth-order valence-corrected chi connectivity index (χ4v) is 4.64. The number of rotatable bonds is 3. The van der Waals surface area contributed by atoms with Crippen LogP contribution in [-0.2, 0) is 0 Å². The predicted molar refractivity (Wildman–Crippen MR) is 137 cm³/mol. The fourth-order valence-electron chi connectivity index (χ4n) is 4.64. The van der Waals surface area contributed by atoms with Gasteiger partial charge in [0.15, 0.2) is 0 Å². The Bertz CT molecular complexity index is 1630. The average molecular weight is 462 g/mol. The Balaban J connectivity index is 1.55. The van der Waals surface area contributed by atoms with Crippen LogP contribution in [0.4, 0.5) is 11.5 Å². The van der Waals surface area contributed by atoms with Crippen molar-refractivity contribution in [2.75, 3.05) is 10.2 Å². The molecule has 6 rings (SSSR count). The summed E-state index contributed by atoms with van der Waals surface area (Å²) in [6, 6.07) is 26.6. The number of amides is 1. The van der Waals surface area contributed by atoms with Gasteiger partial charge in [0.25, 0.3) is 11.5 Å². The summed E-state index contributed by atoms with van der Waals surface area (Å²) in [5, 5.41) is 7.47. The molecule has 0 bridgehead atoms. The molecule has 35 heavy (non-hydrogen) atoms. The van der Waals surface area contributed by atoms with Crippen molar-refractivity contribution in [3.63, 3.8) is 0 Å². The van der Waals surface area contributed by atoms with E-state index in [-0.39, 0.29) is 11.5 Å². The number of para-hydroxylation sites is 2. The van der Waals surface area contributed by atoms with Crippen molar-refractivity contribution < 1.29 is 4.79 Å². The second kappa shape index (κ2) is 7.99. The van der Waals surface area contributed by atoms with Crippen molar-refractivity contribution in [2.45, 2.75) is 20.0 Å². The zero-order chi connectivity index (χ0) is 24.1. The second-order valence-corrected chi connectivity index (χ2v) is 8.76. The van der Waals surface area contributed by atoms with Crippen LogP contribution in [0, 0.1) is 13.8 Å². The number of nitrogens with one attached hydrogen (secondary N) is 2. The molecule has 1 aliphatic heterocycles. The Labute approximate surface area is 201 Å². The maximum absolute atomic E-state index is 13.9. The van der Waals surface area contributed by atoms with E-state index in [4.69, 9.17) is 4.98 Å². The molecule has 0 aliphatic carbocycles. The lowest BCUT2D eigenvalue weighted by atomic mass is 10.0. The van der Waals surface area contributed by atoms with Crippen LogP contribution in [0.25, 0.3) is 16.6 Å². The summed E-state index contributed by atoms with van der Waals surface area (Å²) in [5.74, 6) is 0.253. The summed E-state index contributed by atoms with van der Waals surface area (Å²) < 4.78 is 1.52. The van der Waals surface area contributed by atoms with Gasteiger partial charge in [-0.3, -0.25) is 19.6 Å². The van der Waals surface area contributed by atoms with Crippen molar-refractivity contribution in [3.8, 4) is 5.69 Å². The first-order valence-corrected chi connectivity index (χ1v) is 11.4. The first kappa shape index (κ1) is 20.9. The number of aryl methyl sites for hydroxylation is 2. The highest BCUT2D eigenvalue weighted by Gasteiger charge is 2.38. The molecule has 172 valence electrons. The van der Waals surface area contributed by atoms with Gasteiger partial charge in [-0.2, -0.15) is 0 Å². The highest BCUT2D eigenvalue weighted by atomic mass is 16.2. The van der Waals surface area contributed by atoms with E-state index in [0.29, 0.717) is 28.3 Å². The molecule has 7 nitrogen and oxygen atoms in total. The van der Waals surface area contributed by atoms with Crippen LogP contribution >= 0.6 is 0 Å². The number of aromatic nitrogens is 3. The normalized spacial score (nSPS) is 15.2. The Morgan fingerprint density at radius 3 is 2.31 bits per heavy atom. The van der Waals surface area contributed by atoms with Crippen molar-refractivity contribution in [3.05, 3.63) is 118 Å². The largest absolute Gasteiger partial charge is 0.345 e. The first-order valence-electron chi connectivity index (χ1n) is 11.4. The van der Waals surface area contributed by atoms with E-state index in [1.54, 1.807) is 4.90 Å². The molecular weight excluding hydrogens is 438 g/mol. The number of hydrogen-bond donors (Lipinski definition) is 2. The molecule has 0 saturated heterocycles. The molecule has 0 unspecified atom stereocenters. The summed E-state index contributed by atoms with van der Waals surface area (Å²) in [4.78, 5) is 34.0. The average Bonchev–Trinajstić information content (AvgIpc) is 3.17. The van der Waals surface area contributed by atoms with E-state index < -0.39 is 6.17 Å². The van der Waals surface area contributed by atoms with Gasteiger partial charge in [0.1, 0.15) is 12.0 Å². The first-order chi connectivity index (χ1) is 17.0. The molecule has 0 spiro atoms. The van der Waals surface area contributed by atoms with Gasteiger partial charge >= 0.3 is 0 Å². The number of fused-ring (bicyclic) bond motifs is 2. The number of carbonyl (C=O) groups is 1. The minimum atomic E-state index is -0.735. The molecule has 3 heterocycles. The Kier molecular flexibility index (Phi) is 4.77. The highest BCUT2D eigenvalue weighted by Crippen LogP contribution is 2.37. The molecule has 3 aromatic carbocycles. The van der Waals surface area contributed by atoms with E-state index in [1.165, 1.54) is 4.68 Å². The summed E-state index contributed by atoms with van der Waals surface area (Å²) in [5.41, 5.74) is 4.69. The van der Waals surface area contributed by atoms with Crippen LogP contribution in [0.15, 0.2) is 89.7 Å². The van der Waals surface area contributed by atoms with Gasteiger partial charge in [0.05, 0.1) is 22.3 Å². The maximum Gasteiger partial charge on any atom is 0.278 e. The van der Waals surface area contributed by atoms with Crippen LogP contribution in [0.1, 0.15) is 33.3 Å². The third-order valence-corrected chi connectivity index (χ3v) is 6.42. The van der Waals surface area contributed by atoms with Crippen LogP contribution in [0.3, 0.4) is 0 Å². The van der Waals surface area contributed by atoms with Crippen molar-refractivity contribution >= 4 is 28.3 Å². The van der Waals surface area contributed by atoms with E-state index in [2.05, 4.69) is 10.4 Å². The molecule has 2 aromatic heterocycles. The van der Waals surface area contributed by atoms with Gasteiger partial charge in [-0.1, -0.05) is 54.1 Å². The maximum atomic E-state index is 13.9. The Morgan fingerprint density at radius 1 is 0.829 bits per heavy atom. The topological polar surface area (TPSA) is 83.0 Å². The van der Waals surface area contributed by atoms with E-state index in [0.717, 1.165) is 22.2 Å². The van der Waals surface area contributed by atoms with Crippen molar-refractivity contribution in [1.82, 2.24) is 14.8 Å². The lowest BCUT2D eigenvalue weighted by molar-refractivity contribution is 0.0974. The number of carbonyl (C=O) groups excluding carboxylic acids is 1. The number of nitrogens with zero attached hydrogens (tertiary/aromatic N) is 3. The Morgan fingerprint density at radius 2 is 1.54 bits per heavy atom. The third kappa shape index (κ3) is 3.40. The van der Waals surface area contributed by atoms with Gasteiger partial charge in [0.2, 0.25) is 0 Å². The molecule has 0 saturated carbocycles. The zero-order valence-corrected chi connectivity index (χ0v) is 19.3. The standard InChI is InChI=1S/C28H23N5O2/c1-17-12-14-21(15-13-17)33-28(35)24(18(2)31-33)26-30-25-22(16-19-8-6-7-11-23(19)29-25)27(34)32(26)20-9-4-3-5-10-20/h3-16,26,31H,1-2H3,(H,29,30)/t26-/m1/s1. The third-order valence-electron chi connectivity index (χ3n) is 6.42. The smallest absolute Gasteiger partial charge is 0.278 e. The van der Waals surface area contributed by atoms with E-state index in [1.807, 2.05) is 98.8 Å². The lowest BCUT2D eigenvalue weighted by Gasteiger charge is -2.37. The number of benzene rings is 3. The van der Waals surface area contributed by atoms with Gasteiger partial charge < -0.3 is 5.32 Å². The van der Waals surface area contributed by atoms with Crippen LogP contribution in [0.5, 0.6) is 0 Å². The van der Waals surface area contributed by atoms with Gasteiger partial charge in [0, 0.05) is 16.8 Å². The number of hydrogen-bond acceptors (Lipinski definition) is 4. The molecule has 1 amide bonds. The SMILES string of the molecule is Cc1ccc(-n2[nH]c(C)c([C@@H]3Nc4nc5ccccc5cc4C(=O)N3c3ccccc3)c2=O)cc1. The molecule has 2 N–H and O–H groups in total. The minimum Gasteiger partial charge on any atom is -0.345 e. The Hall–Kier alpha value is -4.65. The van der Waals surface area contributed by atoms with Crippen molar-refractivity contribution in [1.29, 1.82) is 0 Å². The molecule has 5 aromatic rings. The van der Waals surface area contributed by atoms with Crippen molar-refractivity contribution in [2.24, 2.45) is 0 Å². The fraction of sp³-hybridized carbons (Fsp3) is 0.107. The molecule has 0 radical (unpaired) electrons. The summed E-state index contributed by atoms with van der Waals surface area (Å²) >= 11 is 0. The zero-order valence-electron chi connectivity index (χ0n) is 19.3. The quantitative estimate of drug-likeness (QED) is 0.392. The van der Waals surface area contributed by atoms with Crippen LogP contribution < -0.4 is 15.8 Å². The van der Waals surface area contributed by atoms with Gasteiger partial charge in [-0.25, -0.2) is 9.67 Å². The molecule has 1 aliphatic rings. The monoisotopic (exact) mass is 461 g/mol. The number of anilines is 2. The molecular formula is C28H23N5O2. The van der Waals surface area contributed by atoms with E-state index in [9.17, 15) is 9.59 Å². The van der Waals surface area contributed by atoms with Crippen LogP contribution in [0.2, 0.25) is 0 Å². The van der Waals surface area contributed by atoms with Crippen LogP contribution in [-0.4, -0.2) is 20.7 Å². The number of pyridine rings is 1. The second-order valence-electron chi connectivity index (χ2n) is 8.76. The molecule has 1 atom stereocenters. The number of H-pyrrole nitrogens is 1. The minimum absolute atomic E-state index is 0.213.